The zero-order valence-corrected chi connectivity index (χ0v) is 24.2. The van der Waals surface area contributed by atoms with Crippen molar-refractivity contribution in [2.45, 2.75) is 63.8 Å². The van der Waals surface area contributed by atoms with Crippen molar-refractivity contribution in [3.63, 3.8) is 0 Å². The molecular formula is C30H43N3O5S. The summed E-state index contributed by atoms with van der Waals surface area (Å²) >= 11 is 0. The Kier molecular flexibility index (Phi) is 7.77. The van der Waals surface area contributed by atoms with E-state index in [0.717, 1.165) is 90.1 Å². The maximum atomic E-state index is 13.1. The molecule has 5 aliphatic rings. The van der Waals surface area contributed by atoms with Crippen LogP contribution < -0.4 is 4.74 Å². The van der Waals surface area contributed by atoms with Gasteiger partial charge in [0.1, 0.15) is 5.75 Å². The van der Waals surface area contributed by atoms with Crippen LogP contribution in [0.1, 0.15) is 62.5 Å². The number of likely N-dealkylation sites (tertiary alicyclic amines) is 1. The number of piperidine rings is 1. The monoisotopic (exact) mass is 557 g/mol. The number of hydrogen-bond donors (Lipinski definition) is 1. The number of oxime groups is 1. The molecule has 2 heterocycles. The van der Waals surface area contributed by atoms with Gasteiger partial charge in [0.15, 0.2) is 0 Å². The van der Waals surface area contributed by atoms with Crippen LogP contribution in [0.3, 0.4) is 0 Å². The summed E-state index contributed by atoms with van der Waals surface area (Å²) in [6.45, 7) is 7.28. The summed E-state index contributed by atoms with van der Waals surface area (Å²) in [6.07, 6.45) is 8.29. The molecule has 39 heavy (non-hydrogen) atoms. The molecule has 214 valence electrons. The van der Waals surface area contributed by atoms with E-state index in [-0.39, 0.29) is 11.5 Å². The smallest absolute Gasteiger partial charge is 0.411 e. The number of fused-ring (bicyclic) bond motifs is 5. The van der Waals surface area contributed by atoms with Gasteiger partial charge in [0.05, 0.1) is 18.9 Å². The highest BCUT2D eigenvalue weighted by molar-refractivity contribution is 7.84. The first-order valence-electron chi connectivity index (χ1n) is 14.8. The molecule has 0 aromatic heterocycles. The fourth-order valence-electron chi connectivity index (χ4n) is 8.77. The molecule has 1 N–H and O–H groups in total. The Morgan fingerprint density at radius 2 is 1.95 bits per heavy atom. The molecule has 1 amide bonds. The van der Waals surface area contributed by atoms with E-state index in [1.165, 1.54) is 11.1 Å². The second-order valence-corrected chi connectivity index (χ2v) is 14.1. The predicted molar refractivity (Wildman–Crippen MR) is 151 cm³/mol. The summed E-state index contributed by atoms with van der Waals surface area (Å²) in [5, 5.41) is 13.4. The fraction of sp³-hybridized carbons (Fsp3) is 0.733. The van der Waals surface area contributed by atoms with Crippen LogP contribution in [0, 0.1) is 23.2 Å². The van der Waals surface area contributed by atoms with Crippen LogP contribution in [0.5, 0.6) is 5.75 Å². The molecule has 0 spiro atoms. The van der Waals surface area contributed by atoms with E-state index in [9.17, 15) is 14.2 Å². The van der Waals surface area contributed by atoms with E-state index >= 15 is 0 Å². The molecule has 2 saturated carbocycles. The zero-order valence-electron chi connectivity index (χ0n) is 23.3. The third-order valence-corrected chi connectivity index (χ3v) is 11.6. The lowest BCUT2D eigenvalue weighted by atomic mass is 9.53. The molecule has 3 aliphatic carbocycles. The summed E-state index contributed by atoms with van der Waals surface area (Å²) in [5.41, 5.74) is 3.48. The number of benzene rings is 1. The molecule has 8 nitrogen and oxygen atoms in total. The van der Waals surface area contributed by atoms with Gasteiger partial charge in [-0.1, -0.05) is 18.1 Å². The van der Waals surface area contributed by atoms with Gasteiger partial charge in [0, 0.05) is 60.4 Å². The van der Waals surface area contributed by atoms with Gasteiger partial charge in [-0.2, -0.15) is 0 Å². The molecule has 0 radical (unpaired) electrons. The normalized spacial score (nSPS) is 35.2. The number of hydrogen-bond acceptors (Lipinski definition) is 7. The van der Waals surface area contributed by atoms with Crippen molar-refractivity contribution >= 4 is 22.6 Å². The Morgan fingerprint density at radius 3 is 2.67 bits per heavy atom. The Balaban J connectivity index is 1.16. The van der Waals surface area contributed by atoms with E-state index in [4.69, 9.17) is 9.47 Å². The van der Waals surface area contributed by atoms with Gasteiger partial charge in [-0.05, 0) is 91.9 Å². The average molecular weight is 558 g/mol. The first-order valence-corrected chi connectivity index (χ1v) is 16.5. The van der Waals surface area contributed by atoms with Gasteiger partial charge < -0.3 is 19.6 Å². The first kappa shape index (κ1) is 27.2. The van der Waals surface area contributed by atoms with Crippen LogP contribution in [-0.4, -0.2) is 88.5 Å². The maximum absolute atomic E-state index is 13.1. The molecule has 1 aromatic rings. The molecule has 0 bridgehead atoms. The van der Waals surface area contributed by atoms with Crippen LogP contribution in [0.4, 0.5) is 4.79 Å². The van der Waals surface area contributed by atoms with Crippen LogP contribution in [0.2, 0.25) is 0 Å². The van der Waals surface area contributed by atoms with Gasteiger partial charge >= 0.3 is 6.09 Å². The van der Waals surface area contributed by atoms with Crippen LogP contribution >= 0.6 is 0 Å². The highest BCUT2D eigenvalue weighted by Gasteiger charge is 2.56. The number of carbonyl (C=O) groups is 1. The lowest BCUT2D eigenvalue weighted by Crippen LogP contribution is -2.50. The van der Waals surface area contributed by atoms with Crippen LogP contribution in [0.15, 0.2) is 23.4 Å². The highest BCUT2D eigenvalue weighted by atomic mass is 32.2. The highest BCUT2D eigenvalue weighted by Crippen LogP contribution is 2.61. The number of rotatable bonds is 4. The molecule has 2 aliphatic heterocycles. The Hall–Kier alpha value is -1.97. The number of morpholine rings is 1. The van der Waals surface area contributed by atoms with E-state index < -0.39 is 10.8 Å². The van der Waals surface area contributed by atoms with Crippen molar-refractivity contribution in [3.8, 4) is 5.75 Å². The van der Waals surface area contributed by atoms with Crippen LogP contribution in [0.25, 0.3) is 0 Å². The van der Waals surface area contributed by atoms with E-state index in [1.807, 2.05) is 17.2 Å². The van der Waals surface area contributed by atoms with Crippen molar-refractivity contribution < 1.29 is 23.7 Å². The number of ether oxygens (including phenoxy) is 2. The molecular weight excluding hydrogens is 514 g/mol. The lowest BCUT2D eigenvalue weighted by molar-refractivity contribution is 0.00234. The van der Waals surface area contributed by atoms with Gasteiger partial charge in [0.2, 0.25) is 0 Å². The summed E-state index contributed by atoms with van der Waals surface area (Å²) in [6, 6.07) is 6.74. The van der Waals surface area contributed by atoms with E-state index in [2.05, 4.69) is 29.1 Å². The Morgan fingerprint density at radius 1 is 1.18 bits per heavy atom. The van der Waals surface area contributed by atoms with Gasteiger partial charge in [-0.15, -0.1) is 0 Å². The fourth-order valence-corrected chi connectivity index (χ4v) is 9.71. The maximum Gasteiger partial charge on any atom is 0.415 e. The van der Waals surface area contributed by atoms with Gasteiger partial charge in [-0.3, -0.25) is 9.11 Å². The number of amides is 1. The third kappa shape index (κ3) is 5.15. The Labute approximate surface area is 234 Å². The quantitative estimate of drug-likeness (QED) is 0.439. The van der Waals surface area contributed by atoms with Crippen molar-refractivity contribution in [3.05, 3.63) is 29.3 Å². The lowest BCUT2D eigenvalue weighted by Gasteiger charge is -2.52. The molecule has 1 unspecified atom stereocenters. The standard InChI is InChI=1S/C30H43N3O5S/c1-30-10-7-25-24-4-3-23(38-29(34)33-11-8-22(9-12-33)32-13-15-37-16-14-32)18-20(24)17-21(19-39(2)36)28(25)26(30)5-6-27(30)31-35/h3-4,18,21-22,25-26,28,35H,5-17,19H2,1-2H3/b31-27-/t21-,25+,26-,28+,30-,39?/m0/s1. The molecule has 1 aromatic carbocycles. The topological polar surface area (TPSA) is 91.7 Å². The number of carbonyl (C=O) groups excluding carboxylic acids is 1. The summed E-state index contributed by atoms with van der Waals surface area (Å²) in [7, 11) is -0.892. The summed E-state index contributed by atoms with van der Waals surface area (Å²) in [4.78, 5) is 17.4. The molecule has 4 fully saturated rings. The summed E-state index contributed by atoms with van der Waals surface area (Å²) < 4.78 is 23.9. The third-order valence-electron chi connectivity index (χ3n) is 10.7. The molecule has 2 saturated heterocycles. The minimum Gasteiger partial charge on any atom is -0.411 e. The second-order valence-electron chi connectivity index (χ2n) is 12.6. The second kappa shape index (κ2) is 11.1. The number of nitrogens with zero attached hydrogens (tertiary/aromatic N) is 3. The molecule has 6 atom stereocenters. The minimum absolute atomic E-state index is 0.0639. The van der Waals surface area contributed by atoms with Gasteiger partial charge in [0.25, 0.3) is 0 Å². The first-order chi connectivity index (χ1) is 18.9. The molecule has 6 rings (SSSR count). The Bertz CT molecular complexity index is 1130. The van der Waals surface area contributed by atoms with Gasteiger partial charge in [-0.25, -0.2) is 4.79 Å². The van der Waals surface area contributed by atoms with Crippen molar-refractivity contribution in [1.82, 2.24) is 9.80 Å². The van der Waals surface area contributed by atoms with Crippen LogP contribution in [-0.2, 0) is 22.0 Å². The summed E-state index contributed by atoms with van der Waals surface area (Å²) in [5.74, 6) is 2.88. The predicted octanol–water partition coefficient (Wildman–Crippen LogP) is 4.27. The average Bonchev–Trinajstić information content (AvgIpc) is 3.29. The minimum atomic E-state index is -0.892. The zero-order chi connectivity index (χ0) is 27.1. The molecule has 9 heteroatoms. The largest absolute Gasteiger partial charge is 0.415 e. The van der Waals surface area contributed by atoms with Crippen molar-refractivity contribution in [1.29, 1.82) is 0 Å². The SMILES string of the molecule is CS(=O)C[C@@H]1Cc2cc(OC(=O)N3CCC(N4CCOCC4)CC3)ccc2[C@H]2CC[C@]3(C)/C(=N\O)CC[C@H]3[C@H]12. The van der Waals surface area contributed by atoms with Crippen molar-refractivity contribution in [2.24, 2.45) is 28.3 Å². The van der Waals surface area contributed by atoms with Crippen molar-refractivity contribution in [2.75, 3.05) is 51.4 Å². The van der Waals surface area contributed by atoms with E-state index in [1.54, 1.807) is 0 Å². The van der Waals surface area contributed by atoms with E-state index in [0.29, 0.717) is 41.2 Å².